The summed E-state index contributed by atoms with van der Waals surface area (Å²) in [6.07, 6.45) is 8.22. The summed E-state index contributed by atoms with van der Waals surface area (Å²) in [5, 5.41) is 6.04. The van der Waals surface area contributed by atoms with Crippen molar-refractivity contribution in [3.63, 3.8) is 0 Å². The van der Waals surface area contributed by atoms with E-state index in [1.807, 2.05) is 6.92 Å². The lowest BCUT2D eigenvalue weighted by Gasteiger charge is -2.42. The molecule has 1 unspecified atom stereocenters. The first-order valence-corrected chi connectivity index (χ1v) is 7.81. The molecular weight excluding hydrogens is 278 g/mol. The van der Waals surface area contributed by atoms with Crippen LogP contribution in [0.5, 0.6) is 0 Å². The van der Waals surface area contributed by atoms with Crippen LogP contribution in [0.4, 0.5) is 0 Å². The van der Waals surface area contributed by atoms with E-state index in [4.69, 9.17) is 0 Å². The van der Waals surface area contributed by atoms with E-state index >= 15 is 0 Å². The smallest absolute Gasteiger partial charge is 0.253 e. The number of hydrogen-bond donors (Lipinski definition) is 2. The second-order valence-electron chi connectivity index (χ2n) is 6.16. The van der Waals surface area contributed by atoms with Gasteiger partial charge in [-0.05, 0) is 44.7 Å². The molecule has 116 valence electrons. The minimum Gasteiger partial charge on any atom is -0.351 e. The highest BCUT2D eigenvalue weighted by atomic mass is 16.2. The summed E-state index contributed by atoms with van der Waals surface area (Å²) in [5.41, 5.74) is 2.23. The monoisotopic (exact) mass is 299 g/mol. The van der Waals surface area contributed by atoms with Gasteiger partial charge in [0.2, 0.25) is 5.91 Å². The van der Waals surface area contributed by atoms with E-state index in [0.29, 0.717) is 18.5 Å². The lowest BCUT2D eigenvalue weighted by atomic mass is 9.70. The number of hydrogen-bond acceptors (Lipinski definition) is 3. The first-order valence-electron chi connectivity index (χ1n) is 7.81. The minimum absolute atomic E-state index is 0.0817. The van der Waals surface area contributed by atoms with Crippen LogP contribution in [0.25, 0.3) is 0 Å². The molecule has 5 nitrogen and oxygen atoms in total. The molecule has 1 aliphatic heterocycles. The first-order chi connectivity index (χ1) is 10.6. The number of rotatable bonds is 3. The van der Waals surface area contributed by atoms with Gasteiger partial charge in [0, 0.05) is 36.0 Å². The summed E-state index contributed by atoms with van der Waals surface area (Å²) in [6.45, 7) is 2.40. The van der Waals surface area contributed by atoms with Gasteiger partial charge in [0.1, 0.15) is 0 Å². The number of nitrogens with one attached hydrogen (secondary N) is 2. The normalized spacial score (nSPS) is 24.0. The molecule has 0 aromatic carbocycles. The van der Waals surface area contributed by atoms with Crippen molar-refractivity contribution in [3.05, 3.63) is 41.4 Å². The average Bonchev–Trinajstić information content (AvgIpc) is 2.53. The van der Waals surface area contributed by atoms with Gasteiger partial charge in [-0.15, -0.1) is 0 Å². The van der Waals surface area contributed by atoms with Gasteiger partial charge in [0.25, 0.3) is 5.91 Å². The highest BCUT2D eigenvalue weighted by Gasteiger charge is 2.40. The zero-order chi connectivity index (χ0) is 15.6. The topological polar surface area (TPSA) is 71.1 Å². The van der Waals surface area contributed by atoms with Crippen molar-refractivity contribution in [3.8, 4) is 0 Å². The molecule has 1 saturated heterocycles. The van der Waals surface area contributed by atoms with Crippen molar-refractivity contribution in [1.29, 1.82) is 0 Å². The van der Waals surface area contributed by atoms with Gasteiger partial charge in [0.05, 0.1) is 5.56 Å². The molecule has 1 fully saturated rings. The van der Waals surface area contributed by atoms with E-state index in [-0.39, 0.29) is 17.2 Å². The van der Waals surface area contributed by atoms with E-state index in [9.17, 15) is 9.59 Å². The van der Waals surface area contributed by atoms with E-state index < -0.39 is 0 Å². The molecule has 2 amide bonds. The second-order valence-corrected chi connectivity index (χ2v) is 6.16. The van der Waals surface area contributed by atoms with E-state index in [2.05, 4.69) is 21.7 Å². The third-order valence-electron chi connectivity index (χ3n) is 4.72. The maximum atomic E-state index is 12.4. The highest BCUT2D eigenvalue weighted by molar-refractivity contribution is 5.95. The van der Waals surface area contributed by atoms with Crippen molar-refractivity contribution in [2.24, 2.45) is 5.41 Å². The van der Waals surface area contributed by atoms with Gasteiger partial charge in [-0.2, -0.15) is 0 Å². The molecule has 1 aliphatic carbocycles. The average molecular weight is 299 g/mol. The summed E-state index contributed by atoms with van der Waals surface area (Å²) in [6, 6.07) is 3.56. The Morgan fingerprint density at radius 2 is 2.32 bits per heavy atom. The Morgan fingerprint density at radius 1 is 1.45 bits per heavy atom. The van der Waals surface area contributed by atoms with Gasteiger partial charge in [0.15, 0.2) is 0 Å². The lowest BCUT2D eigenvalue weighted by Crippen LogP contribution is -2.48. The number of aromatic nitrogens is 1. The van der Waals surface area contributed by atoms with Crippen LogP contribution in [0.2, 0.25) is 0 Å². The van der Waals surface area contributed by atoms with E-state index in [1.165, 1.54) is 0 Å². The predicted octanol–water partition coefficient (Wildman–Crippen LogP) is 2.08. The zero-order valence-corrected chi connectivity index (χ0v) is 12.8. The minimum atomic E-state index is -0.113. The fraction of sp³-hybridized carbons (Fsp3) is 0.471. The fourth-order valence-corrected chi connectivity index (χ4v) is 3.39. The van der Waals surface area contributed by atoms with E-state index in [0.717, 1.165) is 37.1 Å². The van der Waals surface area contributed by atoms with Crippen LogP contribution in [0, 0.1) is 12.3 Å². The first kappa shape index (κ1) is 14.8. The Morgan fingerprint density at radius 3 is 3.14 bits per heavy atom. The number of fused-ring (bicyclic) bond motifs is 1. The van der Waals surface area contributed by atoms with Crippen LogP contribution >= 0.6 is 0 Å². The third-order valence-corrected chi connectivity index (χ3v) is 4.72. The number of carbonyl (C=O) groups excluding carboxylic acids is 2. The summed E-state index contributed by atoms with van der Waals surface area (Å²) < 4.78 is 0. The van der Waals surface area contributed by atoms with Crippen molar-refractivity contribution < 1.29 is 9.59 Å². The summed E-state index contributed by atoms with van der Waals surface area (Å²) in [7, 11) is 0. The Balaban J connectivity index is 1.73. The van der Waals surface area contributed by atoms with Crippen LogP contribution in [0.15, 0.2) is 30.1 Å². The Labute approximate surface area is 130 Å². The number of aryl methyl sites for hydroxylation is 1. The molecule has 1 aromatic heterocycles. The predicted molar refractivity (Wildman–Crippen MR) is 83.1 cm³/mol. The number of amides is 2. The van der Waals surface area contributed by atoms with E-state index in [1.54, 1.807) is 18.3 Å². The van der Waals surface area contributed by atoms with Crippen LogP contribution in [-0.4, -0.2) is 23.3 Å². The molecule has 1 aromatic rings. The summed E-state index contributed by atoms with van der Waals surface area (Å²) in [4.78, 5) is 28.2. The quantitative estimate of drug-likeness (QED) is 0.897. The van der Waals surface area contributed by atoms with Crippen LogP contribution in [0.3, 0.4) is 0 Å². The second kappa shape index (κ2) is 5.91. The Bertz CT molecular complexity index is 639. The van der Waals surface area contributed by atoms with Crippen LogP contribution in [-0.2, 0) is 4.79 Å². The standard InChI is InChI=1S/C17H21N3O2/c1-12-13(5-4-10-18-12)16(22)19-11-17-8-3-2-6-14(17)20-15(21)7-9-17/h4-6,10H,2-3,7-9,11H2,1H3,(H,19,22)(H,20,21). The molecule has 0 spiro atoms. The maximum Gasteiger partial charge on any atom is 0.253 e. The van der Waals surface area contributed by atoms with Gasteiger partial charge in [-0.3, -0.25) is 14.6 Å². The van der Waals surface area contributed by atoms with Crippen molar-refractivity contribution in [2.75, 3.05) is 6.54 Å². The number of nitrogens with zero attached hydrogens (tertiary/aromatic N) is 1. The largest absolute Gasteiger partial charge is 0.351 e. The number of carbonyl (C=O) groups is 2. The van der Waals surface area contributed by atoms with Gasteiger partial charge in [-0.25, -0.2) is 0 Å². The van der Waals surface area contributed by atoms with Gasteiger partial charge < -0.3 is 10.6 Å². The lowest BCUT2D eigenvalue weighted by molar-refractivity contribution is -0.122. The molecule has 2 aliphatic rings. The fourth-order valence-electron chi connectivity index (χ4n) is 3.39. The molecule has 5 heteroatoms. The van der Waals surface area contributed by atoms with Gasteiger partial charge in [-0.1, -0.05) is 6.08 Å². The van der Waals surface area contributed by atoms with Gasteiger partial charge >= 0.3 is 0 Å². The molecule has 3 rings (SSSR count). The zero-order valence-electron chi connectivity index (χ0n) is 12.8. The van der Waals surface area contributed by atoms with Crippen molar-refractivity contribution >= 4 is 11.8 Å². The molecule has 2 N–H and O–H groups in total. The maximum absolute atomic E-state index is 12.4. The summed E-state index contributed by atoms with van der Waals surface area (Å²) >= 11 is 0. The van der Waals surface area contributed by atoms with Crippen LogP contribution in [0.1, 0.15) is 48.2 Å². The molecule has 0 bridgehead atoms. The Hall–Kier alpha value is -2.17. The number of pyridine rings is 1. The number of piperidine rings is 1. The van der Waals surface area contributed by atoms with Crippen LogP contribution < -0.4 is 10.6 Å². The van der Waals surface area contributed by atoms with Crippen molar-refractivity contribution in [1.82, 2.24) is 15.6 Å². The van der Waals surface area contributed by atoms with Crippen molar-refractivity contribution in [2.45, 2.75) is 39.0 Å². The molecule has 2 heterocycles. The molecular formula is C17H21N3O2. The SMILES string of the molecule is Cc1ncccc1C(=O)NCC12CCCC=C1NC(=O)CC2. The summed E-state index contributed by atoms with van der Waals surface area (Å²) in [5.74, 6) is -0.0139. The molecule has 0 saturated carbocycles. The molecule has 1 atom stereocenters. The highest BCUT2D eigenvalue weighted by Crippen LogP contribution is 2.42. The molecule has 22 heavy (non-hydrogen) atoms. The number of allylic oxidation sites excluding steroid dienone is 1. The third kappa shape index (κ3) is 2.75. The Kier molecular flexibility index (Phi) is 3.96. The molecule has 0 radical (unpaired) electrons.